The van der Waals surface area contributed by atoms with Crippen LogP contribution in [0.15, 0.2) is 53.5 Å². The average molecular weight is 420 g/mol. The normalized spacial score (nSPS) is 13.1. The summed E-state index contributed by atoms with van der Waals surface area (Å²) in [4.78, 5) is 27.7. The summed E-state index contributed by atoms with van der Waals surface area (Å²) in [6, 6.07) is 13.9. The molecule has 0 bridgehead atoms. The lowest BCUT2D eigenvalue weighted by molar-refractivity contribution is -0.148. The van der Waals surface area contributed by atoms with Crippen LogP contribution >= 0.6 is 0 Å². The van der Waals surface area contributed by atoms with Gasteiger partial charge >= 0.3 is 5.97 Å². The molecular formula is C25H29N3O3. The third kappa shape index (κ3) is 6.81. The third-order valence-corrected chi connectivity index (χ3v) is 4.73. The Hall–Kier alpha value is -3.41. The minimum atomic E-state index is -0.519. The number of aliphatic imine (C=N–C) groups is 1. The first kappa shape index (κ1) is 22.3. The number of esters is 1. The third-order valence-electron chi connectivity index (χ3n) is 4.73. The lowest BCUT2D eigenvalue weighted by Gasteiger charge is -2.18. The van der Waals surface area contributed by atoms with Crippen molar-refractivity contribution in [3.05, 3.63) is 65.2 Å². The highest BCUT2D eigenvalue weighted by atomic mass is 16.6. The molecule has 0 saturated heterocycles. The number of nitrogens with one attached hydrogen (secondary N) is 1. The van der Waals surface area contributed by atoms with Gasteiger partial charge in [-0.05, 0) is 62.1 Å². The highest BCUT2D eigenvalue weighted by Crippen LogP contribution is 2.28. The number of primary amides is 1. The van der Waals surface area contributed by atoms with Gasteiger partial charge in [-0.3, -0.25) is 9.79 Å². The number of nitrogens with two attached hydrogens (primary N) is 1. The fourth-order valence-electron chi connectivity index (χ4n) is 3.34. The van der Waals surface area contributed by atoms with Crippen molar-refractivity contribution >= 4 is 35.0 Å². The van der Waals surface area contributed by atoms with Crippen molar-refractivity contribution in [1.82, 2.24) is 0 Å². The zero-order valence-electron chi connectivity index (χ0n) is 18.3. The van der Waals surface area contributed by atoms with Crippen molar-refractivity contribution in [2.24, 2.45) is 10.7 Å². The van der Waals surface area contributed by atoms with Gasteiger partial charge in [0.15, 0.2) is 0 Å². The van der Waals surface area contributed by atoms with Gasteiger partial charge in [-0.1, -0.05) is 30.3 Å². The number of fused-ring (bicyclic) bond motifs is 1. The largest absolute Gasteiger partial charge is 0.457 e. The zero-order chi connectivity index (χ0) is 22.4. The number of anilines is 1. The van der Waals surface area contributed by atoms with Gasteiger partial charge in [-0.25, -0.2) is 4.79 Å². The second-order valence-corrected chi connectivity index (χ2v) is 8.59. The molecule has 3 rings (SSSR count). The van der Waals surface area contributed by atoms with E-state index in [1.54, 1.807) is 6.08 Å². The molecule has 3 N–H and O–H groups in total. The van der Waals surface area contributed by atoms with Crippen LogP contribution in [0.25, 0.3) is 6.08 Å². The highest BCUT2D eigenvalue weighted by Gasteiger charge is 2.16. The molecule has 6 heteroatoms. The van der Waals surface area contributed by atoms with Gasteiger partial charge in [0.2, 0.25) is 5.91 Å². The number of benzene rings is 2. The van der Waals surface area contributed by atoms with Gasteiger partial charge in [0, 0.05) is 30.3 Å². The standard InChI is InChI=1S/C25H29N3O3/c1-25(2,3)31-24(30)13-10-18-6-4-5-7-21(18)27-16-20-15-19-14-17(9-12-23(26)29)8-11-22(19)28-20/h4-8,10-11,13-14,27H,9,12,15-16H2,1-3H3,(H2,26,29)/b13-10+. The molecule has 2 aromatic carbocycles. The van der Waals surface area contributed by atoms with Gasteiger partial charge in [0.25, 0.3) is 0 Å². The molecule has 0 fully saturated rings. The Kier molecular flexibility index (Phi) is 6.90. The molecule has 0 radical (unpaired) electrons. The van der Waals surface area contributed by atoms with Crippen LogP contribution in [0.1, 0.15) is 43.9 Å². The van der Waals surface area contributed by atoms with Crippen molar-refractivity contribution in [2.75, 3.05) is 11.9 Å². The van der Waals surface area contributed by atoms with Crippen molar-refractivity contribution in [3.63, 3.8) is 0 Å². The predicted octanol–water partition coefficient (Wildman–Crippen LogP) is 4.20. The summed E-state index contributed by atoms with van der Waals surface area (Å²) >= 11 is 0. The maximum atomic E-state index is 12.0. The number of rotatable bonds is 8. The van der Waals surface area contributed by atoms with E-state index in [1.165, 1.54) is 6.08 Å². The summed E-state index contributed by atoms with van der Waals surface area (Å²) < 4.78 is 5.33. The minimum Gasteiger partial charge on any atom is -0.457 e. The summed E-state index contributed by atoms with van der Waals surface area (Å²) in [6.45, 7) is 6.13. The number of para-hydroxylation sites is 1. The number of ether oxygens (including phenoxy) is 1. The number of amides is 1. The first-order chi connectivity index (χ1) is 14.7. The van der Waals surface area contributed by atoms with Gasteiger partial charge in [0.05, 0.1) is 12.2 Å². The fraction of sp³-hybridized carbons (Fsp3) is 0.320. The van der Waals surface area contributed by atoms with Crippen LogP contribution in [0, 0.1) is 0 Å². The van der Waals surface area contributed by atoms with E-state index in [0.717, 1.165) is 40.2 Å². The number of hydrogen-bond acceptors (Lipinski definition) is 5. The van der Waals surface area contributed by atoms with Crippen LogP contribution in [-0.2, 0) is 27.2 Å². The Bertz CT molecular complexity index is 1030. The molecule has 0 atom stereocenters. The topological polar surface area (TPSA) is 93.8 Å². The van der Waals surface area contributed by atoms with E-state index in [1.807, 2.05) is 57.2 Å². The monoisotopic (exact) mass is 419 g/mol. The molecule has 1 heterocycles. The average Bonchev–Trinajstić information content (AvgIpc) is 3.10. The summed E-state index contributed by atoms with van der Waals surface area (Å²) in [7, 11) is 0. The number of carbonyl (C=O) groups is 2. The number of carbonyl (C=O) groups excluding carboxylic acids is 2. The number of hydrogen-bond donors (Lipinski definition) is 2. The minimum absolute atomic E-state index is 0.291. The number of nitrogens with zero attached hydrogens (tertiary/aromatic N) is 1. The molecule has 1 aliphatic rings. The molecule has 162 valence electrons. The van der Waals surface area contributed by atoms with Crippen molar-refractivity contribution in [3.8, 4) is 0 Å². The molecule has 31 heavy (non-hydrogen) atoms. The van der Waals surface area contributed by atoms with E-state index in [-0.39, 0.29) is 11.9 Å². The predicted molar refractivity (Wildman–Crippen MR) is 125 cm³/mol. The van der Waals surface area contributed by atoms with Crippen LogP contribution in [0.5, 0.6) is 0 Å². The first-order valence-electron chi connectivity index (χ1n) is 10.4. The molecule has 0 aromatic heterocycles. The molecule has 0 aliphatic carbocycles. The Balaban J connectivity index is 1.60. The molecular weight excluding hydrogens is 390 g/mol. The van der Waals surface area contributed by atoms with Crippen LogP contribution in [0.2, 0.25) is 0 Å². The zero-order valence-corrected chi connectivity index (χ0v) is 18.3. The number of aryl methyl sites for hydroxylation is 1. The van der Waals surface area contributed by atoms with Crippen molar-refractivity contribution in [2.45, 2.75) is 45.6 Å². The van der Waals surface area contributed by atoms with Crippen molar-refractivity contribution < 1.29 is 14.3 Å². The Labute approximate surface area is 183 Å². The van der Waals surface area contributed by atoms with E-state index in [9.17, 15) is 9.59 Å². The van der Waals surface area contributed by atoms with Gasteiger partial charge in [-0.15, -0.1) is 0 Å². The second kappa shape index (κ2) is 9.60. The quantitative estimate of drug-likeness (QED) is 0.495. The van der Waals surface area contributed by atoms with Crippen LogP contribution in [0.3, 0.4) is 0 Å². The molecule has 1 amide bonds. The molecule has 0 spiro atoms. The summed E-state index contributed by atoms with van der Waals surface area (Å²) in [5.41, 5.74) is 10.8. The van der Waals surface area contributed by atoms with Crippen molar-refractivity contribution in [1.29, 1.82) is 0 Å². The molecule has 6 nitrogen and oxygen atoms in total. The maximum absolute atomic E-state index is 12.0. The van der Waals surface area contributed by atoms with Crippen LogP contribution in [0.4, 0.5) is 11.4 Å². The van der Waals surface area contributed by atoms with E-state index < -0.39 is 5.60 Å². The molecule has 0 unspecified atom stereocenters. The van der Waals surface area contributed by atoms with Gasteiger partial charge in [-0.2, -0.15) is 0 Å². The second-order valence-electron chi connectivity index (χ2n) is 8.59. The maximum Gasteiger partial charge on any atom is 0.331 e. The molecule has 0 saturated carbocycles. The first-order valence-corrected chi connectivity index (χ1v) is 10.4. The Morgan fingerprint density at radius 1 is 1.19 bits per heavy atom. The van der Waals surface area contributed by atoms with E-state index in [2.05, 4.69) is 11.4 Å². The van der Waals surface area contributed by atoms with Crippen LogP contribution < -0.4 is 11.1 Å². The highest BCUT2D eigenvalue weighted by molar-refractivity contribution is 5.97. The Morgan fingerprint density at radius 3 is 2.71 bits per heavy atom. The smallest absolute Gasteiger partial charge is 0.331 e. The summed E-state index contributed by atoms with van der Waals surface area (Å²) in [5.74, 6) is -0.661. The van der Waals surface area contributed by atoms with E-state index >= 15 is 0 Å². The van der Waals surface area contributed by atoms with Gasteiger partial charge < -0.3 is 15.8 Å². The fourth-order valence-corrected chi connectivity index (χ4v) is 3.34. The van der Waals surface area contributed by atoms with Crippen LogP contribution in [-0.4, -0.2) is 29.7 Å². The van der Waals surface area contributed by atoms with Gasteiger partial charge in [0.1, 0.15) is 5.60 Å². The van der Waals surface area contributed by atoms with E-state index in [0.29, 0.717) is 19.4 Å². The lowest BCUT2D eigenvalue weighted by atomic mass is 10.0. The summed E-state index contributed by atoms with van der Waals surface area (Å²) in [5, 5.41) is 3.42. The Morgan fingerprint density at radius 2 is 1.97 bits per heavy atom. The molecule has 2 aromatic rings. The summed E-state index contributed by atoms with van der Waals surface area (Å²) in [6.07, 6.45) is 4.97. The van der Waals surface area contributed by atoms with E-state index in [4.69, 9.17) is 15.5 Å². The lowest BCUT2D eigenvalue weighted by Crippen LogP contribution is -2.22. The molecule has 1 aliphatic heterocycles. The SMILES string of the molecule is CC(C)(C)OC(=O)/C=C/c1ccccc1NCC1=Nc2ccc(CCC(N)=O)cc2C1.